The second-order valence-corrected chi connectivity index (χ2v) is 8.96. The molecule has 8 nitrogen and oxygen atoms in total. The zero-order chi connectivity index (χ0) is 23.4. The van der Waals surface area contributed by atoms with E-state index in [1.807, 2.05) is 18.2 Å². The minimum Gasteiger partial charge on any atom is -0.387 e. The van der Waals surface area contributed by atoms with Gasteiger partial charge in [0.25, 0.3) is 5.91 Å². The van der Waals surface area contributed by atoms with Crippen molar-refractivity contribution >= 4 is 34.1 Å². The predicted molar refractivity (Wildman–Crippen MR) is 126 cm³/mol. The van der Waals surface area contributed by atoms with E-state index in [0.29, 0.717) is 17.1 Å². The van der Waals surface area contributed by atoms with Gasteiger partial charge in [-0.15, -0.1) is 0 Å². The van der Waals surface area contributed by atoms with Gasteiger partial charge in [-0.25, -0.2) is 9.37 Å². The van der Waals surface area contributed by atoms with Crippen LogP contribution in [-0.4, -0.2) is 50.3 Å². The van der Waals surface area contributed by atoms with Crippen molar-refractivity contribution in [1.82, 2.24) is 20.3 Å². The fourth-order valence-electron chi connectivity index (χ4n) is 3.83. The van der Waals surface area contributed by atoms with Gasteiger partial charge in [0.1, 0.15) is 12.0 Å². The van der Waals surface area contributed by atoms with E-state index in [9.17, 15) is 14.3 Å². The number of anilines is 3. The number of pyridine rings is 1. The van der Waals surface area contributed by atoms with Gasteiger partial charge in [-0.2, -0.15) is 0 Å². The third kappa shape index (κ3) is 5.73. The minimum atomic E-state index is -1.59. The molecule has 1 aliphatic carbocycles. The maximum Gasteiger partial charge on any atom is 0.255 e. The van der Waals surface area contributed by atoms with Crippen molar-refractivity contribution in [1.29, 1.82) is 0 Å². The summed E-state index contributed by atoms with van der Waals surface area (Å²) >= 11 is 0. The number of hydrogen-bond acceptors (Lipinski definition) is 7. The number of aliphatic hydroxyl groups is 1. The van der Waals surface area contributed by atoms with Crippen molar-refractivity contribution in [2.75, 3.05) is 17.2 Å². The number of carbonyl (C=O) groups is 1. The van der Waals surface area contributed by atoms with E-state index in [-0.39, 0.29) is 12.6 Å². The van der Waals surface area contributed by atoms with E-state index in [4.69, 9.17) is 0 Å². The largest absolute Gasteiger partial charge is 0.387 e. The molecule has 0 spiro atoms. The highest BCUT2D eigenvalue weighted by molar-refractivity contribution is 6.00. The predicted octanol–water partition coefficient (Wildman–Crippen LogP) is 3.96. The molecule has 0 aliphatic heterocycles. The summed E-state index contributed by atoms with van der Waals surface area (Å²) in [6, 6.07) is 7.71. The van der Waals surface area contributed by atoms with Crippen LogP contribution >= 0.6 is 0 Å². The number of halogens is 1. The molecule has 33 heavy (non-hydrogen) atoms. The molecule has 1 aromatic carbocycles. The normalized spacial score (nSPS) is 15.4. The lowest BCUT2D eigenvalue weighted by Gasteiger charge is -2.23. The number of nitrogens with zero attached hydrogens (tertiary/aromatic N) is 3. The lowest BCUT2D eigenvalue weighted by atomic mass is 10.0. The molecule has 1 saturated carbocycles. The zero-order valence-corrected chi connectivity index (χ0v) is 18.8. The molecule has 9 heteroatoms. The van der Waals surface area contributed by atoms with Crippen LogP contribution in [-0.2, 0) is 0 Å². The first-order valence-electron chi connectivity index (χ1n) is 11.2. The molecule has 0 bridgehead atoms. The molecule has 0 radical (unpaired) electrons. The molecule has 4 rings (SSSR count). The summed E-state index contributed by atoms with van der Waals surface area (Å²) in [4.78, 5) is 25.8. The Kier molecular flexibility index (Phi) is 6.69. The number of aromatic nitrogens is 3. The van der Waals surface area contributed by atoms with Crippen LogP contribution in [0.15, 0.2) is 42.9 Å². The van der Waals surface area contributed by atoms with Gasteiger partial charge in [-0.3, -0.25) is 14.8 Å². The van der Waals surface area contributed by atoms with E-state index in [0.717, 1.165) is 42.4 Å². The van der Waals surface area contributed by atoms with Gasteiger partial charge in [0.2, 0.25) is 0 Å². The van der Waals surface area contributed by atoms with E-state index >= 15 is 0 Å². The summed E-state index contributed by atoms with van der Waals surface area (Å²) in [5.74, 6) is 0.123. The van der Waals surface area contributed by atoms with E-state index in [1.165, 1.54) is 20.0 Å². The van der Waals surface area contributed by atoms with Crippen LogP contribution in [0.25, 0.3) is 11.0 Å². The summed E-state index contributed by atoms with van der Waals surface area (Å²) in [6.45, 7) is 2.46. The van der Waals surface area contributed by atoms with Crippen LogP contribution < -0.4 is 16.0 Å². The Hall–Kier alpha value is -3.33. The Bertz CT molecular complexity index is 1130. The molecule has 1 amide bonds. The number of carbonyl (C=O) groups excluding carboxylic acids is 1. The standard InChI is InChI=1S/C24H29FN6O2/c1-24(2,33)21(25)14-29-23(32)17-13-28-22(12-19(17)30-15-5-3-4-6-15)31-16-7-8-18-20(11-16)27-10-9-26-18/h7-13,15,21,33H,3-6,14H2,1-2H3,(H,29,32)(H2,28,30,31)/t21-/m1/s1. The number of fused-ring (bicyclic) bond motifs is 1. The zero-order valence-electron chi connectivity index (χ0n) is 18.8. The highest BCUT2D eigenvalue weighted by Crippen LogP contribution is 2.27. The van der Waals surface area contributed by atoms with Gasteiger partial charge < -0.3 is 21.1 Å². The van der Waals surface area contributed by atoms with Crippen molar-refractivity contribution in [2.24, 2.45) is 0 Å². The molecule has 4 N–H and O–H groups in total. The molecule has 0 unspecified atom stereocenters. The molecule has 1 aliphatic rings. The third-order valence-electron chi connectivity index (χ3n) is 5.81. The Morgan fingerprint density at radius 3 is 2.61 bits per heavy atom. The Labute approximate surface area is 192 Å². The Morgan fingerprint density at radius 2 is 1.88 bits per heavy atom. The molecule has 2 heterocycles. The number of amides is 1. The van der Waals surface area contributed by atoms with Gasteiger partial charge in [0, 0.05) is 36.4 Å². The maximum atomic E-state index is 14.1. The second kappa shape index (κ2) is 9.66. The first kappa shape index (κ1) is 22.8. The van der Waals surface area contributed by atoms with Crippen molar-refractivity contribution in [3.8, 4) is 0 Å². The van der Waals surface area contributed by atoms with Crippen molar-refractivity contribution < 1.29 is 14.3 Å². The Balaban J connectivity index is 1.55. The number of benzene rings is 1. The van der Waals surface area contributed by atoms with E-state index < -0.39 is 17.7 Å². The van der Waals surface area contributed by atoms with Crippen molar-refractivity contribution in [2.45, 2.75) is 57.3 Å². The third-order valence-corrected chi connectivity index (χ3v) is 5.81. The number of rotatable bonds is 8. The molecular weight excluding hydrogens is 423 g/mol. The van der Waals surface area contributed by atoms with Gasteiger partial charge in [-0.1, -0.05) is 12.8 Å². The minimum absolute atomic E-state index is 0.271. The summed E-state index contributed by atoms with van der Waals surface area (Å²) in [7, 11) is 0. The van der Waals surface area contributed by atoms with Gasteiger partial charge in [-0.05, 0) is 44.9 Å². The van der Waals surface area contributed by atoms with Gasteiger partial charge in [0.15, 0.2) is 0 Å². The molecule has 2 aromatic heterocycles. The maximum absolute atomic E-state index is 14.1. The quantitative estimate of drug-likeness (QED) is 0.409. The van der Waals surface area contributed by atoms with Crippen LogP contribution in [0, 0.1) is 0 Å². The van der Waals surface area contributed by atoms with Crippen LogP contribution in [0.4, 0.5) is 21.6 Å². The molecule has 174 valence electrons. The van der Waals surface area contributed by atoms with Crippen LogP contribution in [0.1, 0.15) is 49.9 Å². The second-order valence-electron chi connectivity index (χ2n) is 8.96. The first-order chi connectivity index (χ1) is 15.8. The molecule has 0 saturated heterocycles. The summed E-state index contributed by atoms with van der Waals surface area (Å²) in [5, 5.41) is 19.1. The highest BCUT2D eigenvalue weighted by atomic mass is 19.1. The topological polar surface area (TPSA) is 112 Å². The van der Waals surface area contributed by atoms with Crippen molar-refractivity contribution in [3.63, 3.8) is 0 Å². The molecule has 1 atom stereocenters. The summed E-state index contributed by atoms with van der Waals surface area (Å²) < 4.78 is 14.1. The van der Waals surface area contributed by atoms with Crippen molar-refractivity contribution in [3.05, 3.63) is 48.4 Å². The molecule has 1 fully saturated rings. The molecule has 3 aromatic rings. The summed E-state index contributed by atoms with van der Waals surface area (Å²) in [6.07, 6.45) is 7.52. The average Bonchev–Trinajstić information content (AvgIpc) is 3.30. The van der Waals surface area contributed by atoms with Crippen LogP contribution in [0.2, 0.25) is 0 Å². The highest BCUT2D eigenvalue weighted by Gasteiger charge is 2.27. The first-order valence-corrected chi connectivity index (χ1v) is 11.2. The van der Waals surface area contributed by atoms with Crippen LogP contribution in [0.3, 0.4) is 0 Å². The Morgan fingerprint density at radius 1 is 1.15 bits per heavy atom. The average molecular weight is 453 g/mol. The fourth-order valence-corrected chi connectivity index (χ4v) is 3.83. The number of nitrogens with one attached hydrogen (secondary N) is 3. The SMILES string of the molecule is CC(C)(O)[C@H](F)CNC(=O)c1cnc(Nc2ccc3nccnc3c2)cc1NC1CCCC1. The lowest BCUT2D eigenvalue weighted by Crippen LogP contribution is -2.42. The number of hydrogen-bond donors (Lipinski definition) is 4. The van der Waals surface area contributed by atoms with Crippen LogP contribution in [0.5, 0.6) is 0 Å². The van der Waals surface area contributed by atoms with E-state index in [2.05, 4.69) is 30.9 Å². The van der Waals surface area contributed by atoms with Gasteiger partial charge in [0.05, 0.1) is 34.4 Å². The summed E-state index contributed by atoms with van der Waals surface area (Å²) in [5.41, 5.74) is 1.79. The lowest BCUT2D eigenvalue weighted by molar-refractivity contribution is -0.00177. The fraction of sp³-hybridized carbons (Fsp3) is 0.417. The number of alkyl halides is 1. The smallest absolute Gasteiger partial charge is 0.255 e. The van der Waals surface area contributed by atoms with Gasteiger partial charge >= 0.3 is 0 Å². The van der Waals surface area contributed by atoms with E-state index in [1.54, 1.807) is 18.5 Å². The monoisotopic (exact) mass is 452 g/mol. The molecular formula is C24H29FN6O2.